The van der Waals surface area contributed by atoms with Crippen LogP contribution in [-0.2, 0) is 25.4 Å². The van der Waals surface area contributed by atoms with Crippen molar-refractivity contribution in [3.05, 3.63) is 35.9 Å². The molecule has 118 valence electrons. The topological polar surface area (TPSA) is 83.6 Å². The molecule has 0 saturated carbocycles. The molecule has 22 heavy (non-hydrogen) atoms. The standard InChI is InChI=1S/C15H18N2O4S/c18-13-9-14(19)16-15(13)12-7-4-8-17(12)22(20,21)10-11-5-2-1-3-6-11/h1-3,5-6,12,15H,4,7-10H2,(H,16,19). The molecule has 2 saturated heterocycles. The Bertz CT molecular complexity index is 687. The number of amides is 1. The van der Waals surface area contributed by atoms with Gasteiger partial charge in [-0.25, -0.2) is 8.42 Å². The van der Waals surface area contributed by atoms with Gasteiger partial charge in [0.15, 0.2) is 5.78 Å². The molecule has 2 unspecified atom stereocenters. The van der Waals surface area contributed by atoms with Gasteiger partial charge in [-0.05, 0) is 18.4 Å². The van der Waals surface area contributed by atoms with Gasteiger partial charge in [-0.15, -0.1) is 0 Å². The van der Waals surface area contributed by atoms with Crippen LogP contribution in [0.3, 0.4) is 0 Å². The van der Waals surface area contributed by atoms with Gasteiger partial charge in [-0.1, -0.05) is 30.3 Å². The van der Waals surface area contributed by atoms with Crippen LogP contribution in [0.1, 0.15) is 24.8 Å². The number of sulfonamides is 1. The van der Waals surface area contributed by atoms with Crippen LogP contribution in [0.25, 0.3) is 0 Å². The van der Waals surface area contributed by atoms with E-state index in [0.717, 1.165) is 5.56 Å². The second kappa shape index (κ2) is 5.81. The molecule has 1 aromatic rings. The Kier molecular flexibility index (Phi) is 4.01. The number of nitrogens with zero attached hydrogens (tertiary/aromatic N) is 1. The predicted octanol–water partition coefficient (Wildman–Crippen LogP) is 0.438. The molecule has 0 spiro atoms. The number of hydrogen-bond acceptors (Lipinski definition) is 4. The smallest absolute Gasteiger partial charge is 0.228 e. The maximum Gasteiger partial charge on any atom is 0.228 e. The number of hydrogen-bond donors (Lipinski definition) is 1. The van der Waals surface area contributed by atoms with Crippen molar-refractivity contribution in [3.63, 3.8) is 0 Å². The number of nitrogens with one attached hydrogen (secondary N) is 1. The molecule has 7 heteroatoms. The monoisotopic (exact) mass is 322 g/mol. The van der Waals surface area contributed by atoms with Crippen molar-refractivity contribution in [1.29, 1.82) is 0 Å². The largest absolute Gasteiger partial charge is 0.344 e. The van der Waals surface area contributed by atoms with E-state index in [1.165, 1.54) is 4.31 Å². The van der Waals surface area contributed by atoms with Gasteiger partial charge in [0.05, 0.1) is 18.2 Å². The van der Waals surface area contributed by atoms with Crippen molar-refractivity contribution in [2.75, 3.05) is 6.54 Å². The normalized spacial score (nSPS) is 26.4. The molecule has 0 aromatic heterocycles. The maximum absolute atomic E-state index is 12.7. The Balaban J connectivity index is 1.80. The Labute approximate surface area is 129 Å². The molecule has 3 rings (SSSR count). The summed E-state index contributed by atoms with van der Waals surface area (Å²) in [6.07, 6.45) is 1.16. The van der Waals surface area contributed by atoms with Gasteiger partial charge in [0.1, 0.15) is 6.04 Å². The van der Waals surface area contributed by atoms with Gasteiger partial charge in [-0.2, -0.15) is 4.31 Å². The maximum atomic E-state index is 12.7. The number of ketones is 1. The summed E-state index contributed by atoms with van der Waals surface area (Å²) in [7, 11) is -3.51. The number of carbonyl (C=O) groups excluding carboxylic acids is 2. The second-order valence-corrected chi connectivity index (χ2v) is 7.67. The lowest BCUT2D eigenvalue weighted by molar-refractivity contribution is -0.122. The summed E-state index contributed by atoms with van der Waals surface area (Å²) in [5.74, 6) is -0.613. The zero-order valence-corrected chi connectivity index (χ0v) is 12.9. The highest BCUT2D eigenvalue weighted by Gasteiger charge is 2.45. The van der Waals surface area contributed by atoms with E-state index in [0.29, 0.717) is 19.4 Å². The van der Waals surface area contributed by atoms with E-state index < -0.39 is 22.1 Å². The van der Waals surface area contributed by atoms with Crippen LogP contribution in [0.15, 0.2) is 30.3 Å². The summed E-state index contributed by atoms with van der Waals surface area (Å²) in [5.41, 5.74) is 0.718. The lowest BCUT2D eigenvalue weighted by Gasteiger charge is -2.27. The first kappa shape index (κ1) is 15.2. The first-order valence-electron chi connectivity index (χ1n) is 7.33. The zero-order valence-electron chi connectivity index (χ0n) is 12.1. The zero-order chi connectivity index (χ0) is 15.7. The third kappa shape index (κ3) is 2.91. The van der Waals surface area contributed by atoms with Crippen LogP contribution in [0, 0.1) is 0 Å². The Morgan fingerprint density at radius 3 is 2.55 bits per heavy atom. The highest BCUT2D eigenvalue weighted by atomic mass is 32.2. The molecule has 2 aliphatic rings. The summed E-state index contributed by atoms with van der Waals surface area (Å²) >= 11 is 0. The van der Waals surface area contributed by atoms with Crippen molar-refractivity contribution in [3.8, 4) is 0 Å². The van der Waals surface area contributed by atoms with Crippen molar-refractivity contribution < 1.29 is 18.0 Å². The predicted molar refractivity (Wildman–Crippen MR) is 80.3 cm³/mol. The molecular formula is C15H18N2O4S. The molecule has 2 fully saturated rings. The number of benzene rings is 1. The van der Waals surface area contributed by atoms with Crippen LogP contribution in [0.4, 0.5) is 0 Å². The molecule has 1 aromatic carbocycles. The average Bonchev–Trinajstić information content (AvgIpc) is 3.06. The van der Waals surface area contributed by atoms with Crippen LogP contribution in [0.2, 0.25) is 0 Å². The summed E-state index contributed by atoms with van der Waals surface area (Å²) in [5, 5.41) is 2.62. The highest BCUT2D eigenvalue weighted by Crippen LogP contribution is 2.28. The average molecular weight is 322 g/mol. The Hall–Kier alpha value is -1.73. The van der Waals surface area contributed by atoms with Gasteiger partial charge in [-0.3, -0.25) is 9.59 Å². The molecule has 1 amide bonds. The lowest BCUT2D eigenvalue weighted by atomic mass is 10.0. The molecule has 1 N–H and O–H groups in total. The van der Waals surface area contributed by atoms with Crippen LogP contribution in [0.5, 0.6) is 0 Å². The molecule has 2 atom stereocenters. The van der Waals surface area contributed by atoms with Gasteiger partial charge < -0.3 is 5.32 Å². The third-order valence-corrected chi connectivity index (χ3v) is 6.05. The first-order chi connectivity index (χ1) is 10.5. The van der Waals surface area contributed by atoms with Crippen LogP contribution < -0.4 is 5.32 Å². The Morgan fingerprint density at radius 1 is 1.18 bits per heavy atom. The van der Waals surface area contributed by atoms with E-state index in [2.05, 4.69) is 5.32 Å². The number of Topliss-reactive ketones (excluding diaryl/α,β-unsaturated/α-hetero) is 1. The fourth-order valence-corrected chi connectivity index (χ4v) is 5.02. The van der Waals surface area contributed by atoms with E-state index in [1.54, 1.807) is 24.3 Å². The molecule has 2 aliphatic heterocycles. The number of rotatable bonds is 4. The quantitative estimate of drug-likeness (QED) is 0.815. The summed E-state index contributed by atoms with van der Waals surface area (Å²) < 4.78 is 26.7. The van der Waals surface area contributed by atoms with Gasteiger partial charge >= 0.3 is 0 Å². The van der Waals surface area contributed by atoms with E-state index in [1.807, 2.05) is 6.07 Å². The van der Waals surface area contributed by atoms with Gasteiger partial charge in [0.25, 0.3) is 0 Å². The van der Waals surface area contributed by atoms with Gasteiger partial charge in [0.2, 0.25) is 15.9 Å². The summed E-state index contributed by atoms with van der Waals surface area (Å²) in [4.78, 5) is 23.3. The van der Waals surface area contributed by atoms with Crippen LogP contribution in [-0.4, -0.2) is 43.0 Å². The molecule has 0 bridgehead atoms. The molecular weight excluding hydrogens is 304 g/mol. The first-order valence-corrected chi connectivity index (χ1v) is 8.94. The summed E-state index contributed by atoms with van der Waals surface area (Å²) in [6.45, 7) is 0.402. The van der Waals surface area contributed by atoms with E-state index >= 15 is 0 Å². The minimum absolute atomic E-state index is 0.0841. The lowest BCUT2D eigenvalue weighted by Crippen LogP contribution is -2.50. The second-order valence-electron chi connectivity index (χ2n) is 5.75. The molecule has 6 nitrogen and oxygen atoms in total. The summed E-state index contributed by atoms with van der Waals surface area (Å²) in [6, 6.07) is 7.82. The fourth-order valence-electron chi connectivity index (χ4n) is 3.20. The van der Waals surface area contributed by atoms with Crippen molar-refractivity contribution in [1.82, 2.24) is 9.62 Å². The molecule has 0 aliphatic carbocycles. The SMILES string of the molecule is O=C1CC(=O)C(C2CCCN2S(=O)(=O)Cc2ccccc2)N1. The van der Waals surface area contributed by atoms with E-state index in [4.69, 9.17) is 0 Å². The minimum atomic E-state index is -3.51. The van der Waals surface area contributed by atoms with Crippen LogP contribution >= 0.6 is 0 Å². The van der Waals surface area contributed by atoms with Crippen molar-refractivity contribution in [2.45, 2.75) is 37.1 Å². The van der Waals surface area contributed by atoms with Crippen molar-refractivity contribution in [2.24, 2.45) is 0 Å². The van der Waals surface area contributed by atoms with Crippen molar-refractivity contribution >= 4 is 21.7 Å². The number of carbonyl (C=O) groups is 2. The van der Waals surface area contributed by atoms with Gasteiger partial charge in [0, 0.05) is 6.54 Å². The fraction of sp³-hybridized carbons (Fsp3) is 0.467. The van der Waals surface area contributed by atoms with E-state index in [-0.39, 0.29) is 23.9 Å². The van der Waals surface area contributed by atoms with E-state index in [9.17, 15) is 18.0 Å². The molecule has 2 heterocycles. The Morgan fingerprint density at radius 2 is 1.91 bits per heavy atom. The minimum Gasteiger partial charge on any atom is -0.344 e. The third-order valence-electron chi connectivity index (χ3n) is 4.18. The molecule has 0 radical (unpaired) electrons. The highest BCUT2D eigenvalue weighted by molar-refractivity contribution is 7.88.